The molecule has 0 radical (unpaired) electrons. The Morgan fingerprint density at radius 1 is 1.27 bits per heavy atom. The van der Waals surface area contributed by atoms with Gasteiger partial charge in [0.2, 0.25) is 5.95 Å². The molecule has 5 rings (SSSR count). The van der Waals surface area contributed by atoms with Crippen LogP contribution in [0.3, 0.4) is 0 Å². The van der Waals surface area contributed by atoms with Crippen molar-refractivity contribution in [2.45, 2.75) is 25.8 Å². The highest BCUT2D eigenvalue weighted by Crippen LogP contribution is 2.34. The third kappa shape index (κ3) is 2.81. The van der Waals surface area contributed by atoms with Gasteiger partial charge in [-0.1, -0.05) is 11.2 Å². The Labute approximate surface area is 156 Å². The van der Waals surface area contributed by atoms with Gasteiger partial charge in [0, 0.05) is 37.9 Å². The summed E-state index contributed by atoms with van der Waals surface area (Å²) in [5, 5.41) is 6.09. The highest BCUT2D eigenvalue weighted by molar-refractivity contribution is 7.13. The molecule has 0 spiro atoms. The molecule has 2 aliphatic heterocycles. The first-order valence-electron chi connectivity index (χ1n) is 9.11. The molecule has 0 amide bonds. The van der Waals surface area contributed by atoms with Gasteiger partial charge in [0.05, 0.1) is 21.8 Å². The van der Waals surface area contributed by atoms with Crippen molar-refractivity contribution >= 4 is 17.3 Å². The number of fused-ring (bicyclic) bond motifs is 1. The maximum atomic E-state index is 5.49. The minimum absolute atomic E-state index is 0.647. The smallest absolute Gasteiger partial charge is 0.226 e. The summed E-state index contributed by atoms with van der Waals surface area (Å²) < 4.78 is 5.49. The molecule has 6 nitrogen and oxygen atoms in total. The molecule has 0 aromatic carbocycles. The standard InChI is InChI=1S/C19H21N5OS/c1-13-10-16(25-22-13)15-11-20-19(21-18(15)17-5-3-9-26-17)24-8-7-23-6-2-4-14(23)12-24/h3,5,9-11,14H,2,4,6-8,12H2,1H3/t14-/m0/s1. The van der Waals surface area contributed by atoms with Crippen LogP contribution >= 0.6 is 11.3 Å². The Hall–Kier alpha value is -2.25. The van der Waals surface area contributed by atoms with Crippen molar-refractivity contribution in [2.24, 2.45) is 0 Å². The van der Waals surface area contributed by atoms with Crippen LogP contribution < -0.4 is 4.90 Å². The fourth-order valence-corrected chi connectivity index (χ4v) is 4.70. The second kappa shape index (κ2) is 6.48. The lowest BCUT2D eigenvalue weighted by Crippen LogP contribution is -2.50. The van der Waals surface area contributed by atoms with Gasteiger partial charge in [0.25, 0.3) is 0 Å². The van der Waals surface area contributed by atoms with Crippen molar-refractivity contribution in [2.75, 3.05) is 31.1 Å². The van der Waals surface area contributed by atoms with Gasteiger partial charge in [-0.25, -0.2) is 9.97 Å². The second-order valence-corrected chi connectivity index (χ2v) is 7.97. The Balaban J connectivity index is 1.53. The summed E-state index contributed by atoms with van der Waals surface area (Å²) in [4.78, 5) is 15.7. The molecule has 0 unspecified atom stereocenters. The van der Waals surface area contributed by atoms with E-state index in [1.807, 2.05) is 19.2 Å². The molecule has 0 bridgehead atoms. The van der Waals surface area contributed by atoms with Gasteiger partial charge < -0.3 is 9.42 Å². The molecule has 2 saturated heterocycles. The molecule has 3 aromatic rings. The largest absolute Gasteiger partial charge is 0.356 e. The Kier molecular flexibility index (Phi) is 3.98. The van der Waals surface area contributed by atoms with Crippen LogP contribution in [0.4, 0.5) is 5.95 Å². The van der Waals surface area contributed by atoms with Crippen LogP contribution in [0.2, 0.25) is 0 Å². The number of aromatic nitrogens is 3. The zero-order valence-electron chi connectivity index (χ0n) is 14.8. The van der Waals surface area contributed by atoms with Gasteiger partial charge >= 0.3 is 0 Å². The molecule has 0 aliphatic carbocycles. The third-order valence-corrected chi connectivity index (χ3v) is 6.17. The van der Waals surface area contributed by atoms with Crippen LogP contribution in [0.15, 0.2) is 34.3 Å². The molecule has 1 atom stereocenters. The molecular weight excluding hydrogens is 346 g/mol. The molecule has 2 aliphatic rings. The first-order valence-corrected chi connectivity index (χ1v) is 9.99. The van der Waals surface area contributed by atoms with Crippen molar-refractivity contribution in [1.29, 1.82) is 0 Å². The summed E-state index contributed by atoms with van der Waals surface area (Å²) in [5.41, 5.74) is 2.69. The molecule has 134 valence electrons. The van der Waals surface area contributed by atoms with Crippen molar-refractivity contribution < 1.29 is 4.52 Å². The lowest BCUT2D eigenvalue weighted by Gasteiger charge is -2.37. The van der Waals surface area contributed by atoms with Crippen LogP contribution in [-0.4, -0.2) is 52.2 Å². The molecular formula is C19H21N5OS. The van der Waals surface area contributed by atoms with E-state index in [2.05, 4.69) is 37.5 Å². The number of anilines is 1. The van der Waals surface area contributed by atoms with Gasteiger partial charge in [-0.3, -0.25) is 4.90 Å². The fraction of sp³-hybridized carbons (Fsp3) is 0.421. The Morgan fingerprint density at radius 3 is 3.04 bits per heavy atom. The Morgan fingerprint density at radius 2 is 2.23 bits per heavy atom. The second-order valence-electron chi connectivity index (χ2n) is 7.02. The van der Waals surface area contributed by atoms with Crippen LogP contribution in [0, 0.1) is 6.92 Å². The van der Waals surface area contributed by atoms with Crippen LogP contribution in [0.5, 0.6) is 0 Å². The fourth-order valence-electron chi connectivity index (χ4n) is 3.97. The van der Waals surface area contributed by atoms with E-state index >= 15 is 0 Å². The maximum absolute atomic E-state index is 5.49. The lowest BCUT2D eigenvalue weighted by atomic mass is 10.1. The van der Waals surface area contributed by atoms with Crippen molar-refractivity contribution in [1.82, 2.24) is 20.0 Å². The van der Waals surface area contributed by atoms with Gasteiger partial charge in [-0.2, -0.15) is 0 Å². The highest BCUT2D eigenvalue weighted by atomic mass is 32.1. The predicted octanol–water partition coefficient (Wildman–Crippen LogP) is 3.45. The summed E-state index contributed by atoms with van der Waals surface area (Å²) in [6.45, 7) is 6.27. The number of hydrogen-bond donors (Lipinski definition) is 0. The normalized spacial score (nSPS) is 20.5. The maximum Gasteiger partial charge on any atom is 0.226 e. The summed E-state index contributed by atoms with van der Waals surface area (Å²) in [5.74, 6) is 1.54. The number of aryl methyl sites for hydroxylation is 1. The highest BCUT2D eigenvalue weighted by Gasteiger charge is 2.32. The van der Waals surface area contributed by atoms with Crippen molar-refractivity contribution in [3.8, 4) is 21.9 Å². The van der Waals surface area contributed by atoms with E-state index in [9.17, 15) is 0 Å². The summed E-state index contributed by atoms with van der Waals surface area (Å²) in [6.07, 6.45) is 4.48. The van der Waals surface area contributed by atoms with E-state index in [0.29, 0.717) is 6.04 Å². The molecule has 7 heteroatoms. The number of hydrogen-bond acceptors (Lipinski definition) is 7. The van der Waals surface area contributed by atoms with Gasteiger partial charge in [0.1, 0.15) is 0 Å². The minimum atomic E-state index is 0.647. The Bertz CT molecular complexity index is 907. The monoisotopic (exact) mass is 367 g/mol. The summed E-state index contributed by atoms with van der Waals surface area (Å²) in [7, 11) is 0. The quantitative estimate of drug-likeness (QED) is 0.707. The molecule has 0 N–H and O–H groups in total. The lowest BCUT2D eigenvalue weighted by molar-refractivity contribution is 0.229. The van der Waals surface area contributed by atoms with Crippen LogP contribution in [-0.2, 0) is 0 Å². The van der Waals surface area contributed by atoms with E-state index in [-0.39, 0.29) is 0 Å². The number of rotatable bonds is 3. The van der Waals surface area contributed by atoms with E-state index in [4.69, 9.17) is 9.51 Å². The minimum Gasteiger partial charge on any atom is -0.356 e. The van der Waals surface area contributed by atoms with Gasteiger partial charge in [-0.15, -0.1) is 11.3 Å². The van der Waals surface area contributed by atoms with E-state index < -0.39 is 0 Å². The van der Waals surface area contributed by atoms with Crippen molar-refractivity contribution in [3.05, 3.63) is 35.5 Å². The predicted molar refractivity (Wildman–Crippen MR) is 102 cm³/mol. The zero-order chi connectivity index (χ0) is 17.5. The third-order valence-electron chi connectivity index (χ3n) is 5.29. The average molecular weight is 367 g/mol. The molecule has 3 aromatic heterocycles. The molecule has 26 heavy (non-hydrogen) atoms. The van der Waals surface area contributed by atoms with E-state index in [1.54, 1.807) is 11.3 Å². The van der Waals surface area contributed by atoms with Gasteiger partial charge in [0.15, 0.2) is 5.76 Å². The number of nitrogens with zero attached hydrogens (tertiary/aromatic N) is 5. The molecule has 5 heterocycles. The number of thiophene rings is 1. The van der Waals surface area contributed by atoms with E-state index in [0.717, 1.165) is 53.2 Å². The van der Waals surface area contributed by atoms with Crippen LogP contribution in [0.25, 0.3) is 21.9 Å². The number of piperazine rings is 1. The van der Waals surface area contributed by atoms with E-state index in [1.165, 1.54) is 19.4 Å². The summed E-state index contributed by atoms with van der Waals surface area (Å²) in [6, 6.07) is 6.73. The van der Waals surface area contributed by atoms with Gasteiger partial charge in [-0.05, 0) is 37.8 Å². The average Bonchev–Trinajstić information content (AvgIpc) is 3.42. The SMILES string of the molecule is Cc1cc(-c2cnc(N3CCN4CCC[C@H]4C3)nc2-c2cccs2)on1. The molecule has 0 saturated carbocycles. The first kappa shape index (κ1) is 16.0. The molecule has 2 fully saturated rings. The first-order chi connectivity index (χ1) is 12.8. The van der Waals surface area contributed by atoms with Crippen LogP contribution in [0.1, 0.15) is 18.5 Å². The summed E-state index contributed by atoms with van der Waals surface area (Å²) >= 11 is 1.68. The van der Waals surface area contributed by atoms with Crippen molar-refractivity contribution in [3.63, 3.8) is 0 Å². The topological polar surface area (TPSA) is 58.3 Å². The zero-order valence-corrected chi connectivity index (χ0v) is 15.6.